The first-order valence-electron chi connectivity index (χ1n) is 15.3. The number of likely N-dealkylation sites (tertiary alicyclic amines) is 1. The average molecular weight is 615 g/mol. The lowest BCUT2D eigenvalue weighted by atomic mass is 9.91. The van der Waals surface area contributed by atoms with Crippen molar-refractivity contribution in [3.63, 3.8) is 0 Å². The normalized spacial score (nSPS) is 23.0. The summed E-state index contributed by atoms with van der Waals surface area (Å²) in [6.45, 7) is 2.94. The van der Waals surface area contributed by atoms with Crippen molar-refractivity contribution in [2.24, 2.45) is 0 Å². The number of nitrogens with zero attached hydrogens (tertiary/aromatic N) is 5. The first-order chi connectivity index (χ1) is 21.8. The molecular formula is C32H38N8O5. The van der Waals surface area contributed by atoms with Gasteiger partial charge in [0, 0.05) is 38.0 Å². The third kappa shape index (κ3) is 6.40. The van der Waals surface area contributed by atoms with Crippen molar-refractivity contribution in [2.75, 3.05) is 30.3 Å². The van der Waals surface area contributed by atoms with E-state index in [9.17, 15) is 24.9 Å². The minimum absolute atomic E-state index is 0.00426. The maximum Gasteiger partial charge on any atom is 0.407 e. The van der Waals surface area contributed by atoms with E-state index in [0.29, 0.717) is 49.0 Å². The van der Waals surface area contributed by atoms with E-state index in [1.165, 1.54) is 4.90 Å². The molecule has 1 aliphatic heterocycles. The van der Waals surface area contributed by atoms with Gasteiger partial charge in [-0.3, -0.25) is 4.79 Å². The lowest BCUT2D eigenvalue weighted by molar-refractivity contribution is -0.122. The second kappa shape index (κ2) is 13.1. The number of carboxylic acid groups (broad SMARTS) is 1. The molecule has 2 fully saturated rings. The molecule has 4 aromatic rings. The Morgan fingerprint density at radius 3 is 2.31 bits per heavy atom. The van der Waals surface area contributed by atoms with Gasteiger partial charge in [-0.1, -0.05) is 67.6 Å². The topological polar surface area (TPSA) is 178 Å². The van der Waals surface area contributed by atoms with Crippen molar-refractivity contribution >= 4 is 34.9 Å². The second-order valence-corrected chi connectivity index (χ2v) is 11.6. The molecule has 5 atom stereocenters. The molecule has 2 amide bonds. The monoisotopic (exact) mass is 614 g/mol. The fourth-order valence-corrected chi connectivity index (χ4v) is 6.31. The first kappa shape index (κ1) is 30.3. The highest BCUT2D eigenvalue weighted by Crippen LogP contribution is 2.35. The molecule has 13 nitrogen and oxygen atoms in total. The van der Waals surface area contributed by atoms with Crippen molar-refractivity contribution in [3.8, 4) is 0 Å². The number of hydrogen-bond acceptors (Lipinski definition) is 9. The molecule has 1 saturated carbocycles. The average Bonchev–Trinajstić information content (AvgIpc) is 3.77. The molecule has 0 spiro atoms. The summed E-state index contributed by atoms with van der Waals surface area (Å²) in [7, 11) is 0. The summed E-state index contributed by atoms with van der Waals surface area (Å²) in [5, 5.41) is 40.8. The van der Waals surface area contributed by atoms with Crippen LogP contribution in [0.3, 0.4) is 0 Å². The number of fused-ring (bicyclic) bond motifs is 1. The van der Waals surface area contributed by atoms with Crippen molar-refractivity contribution in [1.29, 1.82) is 0 Å². The van der Waals surface area contributed by atoms with E-state index in [2.05, 4.69) is 45.2 Å². The van der Waals surface area contributed by atoms with Crippen molar-refractivity contribution in [2.45, 2.75) is 62.4 Å². The molecule has 2 aromatic carbocycles. The summed E-state index contributed by atoms with van der Waals surface area (Å²) < 4.78 is 1.73. The van der Waals surface area contributed by atoms with Gasteiger partial charge in [0.25, 0.3) is 0 Å². The minimum Gasteiger partial charge on any atom is -0.465 e. The number of nitrogens with one attached hydrogen (secondary N) is 3. The number of hydrogen-bond donors (Lipinski definition) is 6. The zero-order chi connectivity index (χ0) is 31.5. The van der Waals surface area contributed by atoms with Crippen LogP contribution in [0.1, 0.15) is 49.3 Å². The van der Waals surface area contributed by atoms with Crippen molar-refractivity contribution in [3.05, 3.63) is 78.1 Å². The molecule has 6 rings (SSSR count). The Bertz CT molecular complexity index is 1600. The van der Waals surface area contributed by atoms with E-state index >= 15 is 0 Å². The van der Waals surface area contributed by atoms with Crippen LogP contribution in [-0.2, 0) is 4.79 Å². The first-order valence-corrected chi connectivity index (χ1v) is 15.3. The number of carbonyl (C=O) groups excluding carboxylic acids is 1. The quantitative estimate of drug-likeness (QED) is 0.156. The Hall–Kier alpha value is -4.75. The van der Waals surface area contributed by atoms with Crippen LogP contribution in [-0.4, -0.2) is 95.7 Å². The lowest BCUT2D eigenvalue weighted by Crippen LogP contribution is -2.42. The molecule has 3 heterocycles. The summed E-state index contributed by atoms with van der Waals surface area (Å²) in [5.41, 5.74) is 3.20. The second-order valence-electron chi connectivity index (χ2n) is 11.6. The van der Waals surface area contributed by atoms with Crippen molar-refractivity contribution in [1.82, 2.24) is 29.7 Å². The summed E-state index contributed by atoms with van der Waals surface area (Å²) in [6, 6.07) is 19.0. The largest absolute Gasteiger partial charge is 0.465 e. The summed E-state index contributed by atoms with van der Waals surface area (Å²) in [5.74, 6) is 0.574. The van der Waals surface area contributed by atoms with E-state index in [0.717, 1.165) is 11.1 Å². The summed E-state index contributed by atoms with van der Waals surface area (Å²) in [6.07, 6.45) is -0.552. The van der Waals surface area contributed by atoms with Crippen LogP contribution in [0.2, 0.25) is 0 Å². The Kier molecular flexibility index (Phi) is 8.80. The number of benzene rings is 2. The smallest absolute Gasteiger partial charge is 0.407 e. The highest BCUT2D eigenvalue weighted by atomic mass is 16.4. The van der Waals surface area contributed by atoms with Crippen LogP contribution < -0.4 is 16.0 Å². The lowest BCUT2D eigenvalue weighted by Gasteiger charge is -2.21. The number of anilines is 2. The van der Waals surface area contributed by atoms with Gasteiger partial charge in [-0.2, -0.15) is 9.97 Å². The number of aromatic nitrogens is 4. The van der Waals surface area contributed by atoms with Gasteiger partial charge in [0.2, 0.25) is 11.9 Å². The highest BCUT2D eigenvalue weighted by Gasteiger charge is 2.43. The van der Waals surface area contributed by atoms with Gasteiger partial charge in [-0.15, -0.1) is 0 Å². The van der Waals surface area contributed by atoms with Crippen LogP contribution in [0.15, 0.2) is 67.0 Å². The van der Waals surface area contributed by atoms with Gasteiger partial charge in [-0.05, 0) is 24.0 Å². The summed E-state index contributed by atoms with van der Waals surface area (Å²) >= 11 is 0. The molecule has 1 saturated heterocycles. The molecule has 2 aliphatic rings. The molecule has 2 aromatic heterocycles. The maximum absolute atomic E-state index is 12.1. The molecule has 0 unspecified atom stereocenters. The van der Waals surface area contributed by atoms with Crippen LogP contribution in [0.25, 0.3) is 11.2 Å². The molecule has 0 bridgehead atoms. The van der Waals surface area contributed by atoms with Crippen LogP contribution in [0.5, 0.6) is 0 Å². The molecule has 1 aliphatic carbocycles. The number of aliphatic hydroxyl groups excluding tert-OH is 2. The fourth-order valence-electron chi connectivity index (χ4n) is 6.31. The van der Waals surface area contributed by atoms with Crippen molar-refractivity contribution < 1.29 is 24.9 Å². The predicted molar refractivity (Wildman–Crippen MR) is 168 cm³/mol. The third-order valence-electron chi connectivity index (χ3n) is 8.77. The van der Waals surface area contributed by atoms with Crippen LogP contribution in [0.4, 0.5) is 16.6 Å². The Morgan fingerprint density at radius 1 is 1.00 bits per heavy atom. The van der Waals surface area contributed by atoms with E-state index in [1.54, 1.807) is 17.8 Å². The van der Waals surface area contributed by atoms with E-state index in [-0.39, 0.29) is 30.7 Å². The summed E-state index contributed by atoms with van der Waals surface area (Å²) in [4.78, 5) is 39.1. The molecule has 236 valence electrons. The minimum atomic E-state index is -1.16. The Morgan fingerprint density at radius 2 is 1.69 bits per heavy atom. The Labute approximate surface area is 260 Å². The number of carbonyl (C=O) groups is 2. The zero-order valence-electron chi connectivity index (χ0n) is 25.0. The van der Waals surface area contributed by atoms with Crippen LogP contribution in [0, 0.1) is 0 Å². The molecule has 0 radical (unpaired) electrons. The predicted octanol–water partition coefficient (Wildman–Crippen LogP) is 2.80. The number of imidazole rings is 1. The van der Waals surface area contributed by atoms with Gasteiger partial charge in [-0.25, -0.2) is 9.78 Å². The van der Waals surface area contributed by atoms with Gasteiger partial charge in [0.15, 0.2) is 17.0 Å². The molecule has 6 N–H and O–H groups in total. The van der Waals surface area contributed by atoms with E-state index in [4.69, 9.17) is 9.97 Å². The van der Waals surface area contributed by atoms with Gasteiger partial charge in [0.1, 0.15) is 12.2 Å². The molecule has 45 heavy (non-hydrogen) atoms. The maximum atomic E-state index is 12.1. The van der Waals surface area contributed by atoms with Gasteiger partial charge >= 0.3 is 6.09 Å². The molecule has 13 heteroatoms. The van der Waals surface area contributed by atoms with E-state index in [1.807, 2.05) is 36.4 Å². The van der Waals surface area contributed by atoms with E-state index < -0.39 is 30.4 Å². The molecular weight excluding hydrogens is 576 g/mol. The third-order valence-corrected chi connectivity index (χ3v) is 8.77. The Balaban J connectivity index is 1.34. The SMILES string of the molecule is CCC(=O)N[C@H]1C[C@@H](n2cnc3c(NCC(c4ccccc4)c4ccccc4)nc(N[C@@H]4CCN(C(=O)O)C4)nc32)[C@H](O)[C@@H]1O. The fraction of sp³-hybridized carbons (Fsp3) is 0.406. The highest BCUT2D eigenvalue weighted by molar-refractivity contribution is 5.84. The number of amides is 2. The van der Waals surface area contributed by atoms with Gasteiger partial charge in [0.05, 0.1) is 18.4 Å². The number of aliphatic hydroxyl groups is 2. The number of rotatable bonds is 10. The zero-order valence-corrected chi connectivity index (χ0v) is 25.0. The van der Waals surface area contributed by atoms with Crippen LogP contribution >= 0.6 is 0 Å². The standard InChI is InChI=1S/C32H38N8O5/c1-2-25(41)36-23-15-24(28(43)27(23)42)40-18-34-26-29(37-31(38-30(26)40)35-21-13-14-39(17-21)32(44)45)33-16-22(19-9-5-3-6-10-19)20-11-7-4-8-12-20/h3-12,18,21-24,27-28,42-43H,2,13-17H2,1H3,(H,36,41)(H,44,45)(H2,33,35,37,38)/t21-,23+,24-,27-,28+/m1/s1. The van der Waals surface area contributed by atoms with Gasteiger partial charge < -0.3 is 40.7 Å².